The van der Waals surface area contributed by atoms with E-state index in [-0.39, 0.29) is 30.1 Å². The molecule has 11 heteroatoms. The zero-order valence-electron chi connectivity index (χ0n) is 17.3. The molecule has 1 aromatic carbocycles. The van der Waals surface area contributed by atoms with Crippen molar-refractivity contribution in [2.24, 2.45) is 0 Å². The van der Waals surface area contributed by atoms with Crippen LogP contribution in [-0.2, 0) is 6.42 Å². The summed E-state index contributed by atoms with van der Waals surface area (Å²) in [6.45, 7) is 2.59. The van der Waals surface area contributed by atoms with Gasteiger partial charge < -0.3 is 20.0 Å². The van der Waals surface area contributed by atoms with Gasteiger partial charge in [-0.2, -0.15) is 0 Å². The molecule has 0 radical (unpaired) electrons. The minimum Gasteiger partial charge on any atom is -0.394 e. The summed E-state index contributed by atoms with van der Waals surface area (Å²) >= 11 is 1.20. The highest BCUT2D eigenvalue weighted by atomic mass is 32.1. The maximum Gasteiger partial charge on any atom is 0.323 e. The van der Waals surface area contributed by atoms with Gasteiger partial charge in [0.2, 0.25) is 0 Å². The number of thiazole rings is 1. The molecule has 1 saturated heterocycles. The third-order valence-electron chi connectivity index (χ3n) is 5.31. The molecule has 4 rings (SSSR count). The highest BCUT2D eigenvalue weighted by Gasteiger charge is 2.29. The van der Waals surface area contributed by atoms with E-state index < -0.39 is 18.5 Å². The number of nitrogens with zero attached hydrogens (tertiary/aromatic N) is 4. The number of carbonyl (C=O) groups excluding carboxylic acids is 1. The lowest BCUT2D eigenvalue weighted by Crippen LogP contribution is -2.55. The number of anilines is 2. The molecular formula is C21H23F2N5O3S. The lowest BCUT2D eigenvalue weighted by molar-refractivity contribution is 0.0954. The number of aliphatic hydroxyl groups is 2. The summed E-state index contributed by atoms with van der Waals surface area (Å²) in [5, 5.41) is 21.6. The third-order valence-corrected chi connectivity index (χ3v) is 6.25. The van der Waals surface area contributed by atoms with Crippen molar-refractivity contribution >= 4 is 38.5 Å². The molecule has 32 heavy (non-hydrogen) atoms. The molecule has 2 amide bonds. The van der Waals surface area contributed by atoms with E-state index >= 15 is 0 Å². The largest absolute Gasteiger partial charge is 0.394 e. The van der Waals surface area contributed by atoms with Crippen LogP contribution in [0.4, 0.5) is 24.5 Å². The quantitative estimate of drug-likeness (QED) is 0.538. The van der Waals surface area contributed by atoms with Gasteiger partial charge >= 0.3 is 6.03 Å². The van der Waals surface area contributed by atoms with E-state index in [1.807, 2.05) is 6.92 Å². The average Bonchev–Trinajstić information content (AvgIpc) is 3.15. The molecule has 2 aromatic heterocycles. The van der Waals surface area contributed by atoms with Crippen LogP contribution >= 0.6 is 11.3 Å². The second kappa shape index (κ2) is 9.31. The zero-order valence-corrected chi connectivity index (χ0v) is 18.1. The topological polar surface area (TPSA) is 102 Å². The average molecular weight is 464 g/mol. The zero-order chi connectivity index (χ0) is 22.8. The van der Waals surface area contributed by atoms with Gasteiger partial charge in [-0.05, 0) is 36.8 Å². The first-order valence-corrected chi connectivity index (χ1v) is 11.0. The Morgan fingerprint density at radius 2 is 2.16 bits per heavy atom. The molecule has 0 saturated carbocycles. The van der Waals surface area contributed by atoms with Crippen LogP contribution in [-0.4, -0.2) is 69.5 Å². The Morgan fingerprint density at radius 1 is 1.34 bits per heavy atom. The monoisotopic (exact) mass is 463 g/mol. The molecule has 2 atom stereocenters. The molecule has 0 aliphatic carbocycles. The summed E-state index contributed by atoms with van der Waals surface area (Å²) < 4.78 is 28.7. The smallest absolute Gasteiger partial charge is 0.323 e. The van der Waals surface area contributed by atoms with Gasteiger partial charge in [-0.25, -0.2) is 23.5 Å². The number of urea groups is 1. The van der Waals surface area contributed by atoms with Crippen molar-refractivity contribution in [1.82, 2.24) is 14.9 Å². The van der Waals surface area contributed by atoms with Gasteiger partial charge in [-0.3, -0.25) is 5.32 Å². The summed E-state index contributed by atoms with van der Waals surface area (Å²) in [6, 6.07) is 5.06. The molecule has 170 valence electrons. The van der Waals surface area contributed by atoms with Crippen molar-refractivity contribution in [2.75, 3.05) is 36.5 Å². The summed E-state index contributed by atoms with van der Waals surface area (Å²) in [6.07, 6.45) is 0.638. The summed E-state index contributed by atoms with van der Waals surface area (Å²) in [4.78, 5) is 24.6. The lowest BCUT2D eigenvalue weighted by atomic mass is 10.1. The summed E-state index contributed by atoms with van der Waals surface area (Å²) in [5.41, 5.74) is 1.11. The highest BCUT2D eigenvalue weighted by Crippen LogP contribution is 2.27. The van der Waals surface area contributed by atoms with Crippen molar-refractivity contribution in [3.05, 3.63) is 47.7 Å². The number of hydrogen-bond acceptors (Lipinski definition) is 7. The fraction of sp³-hybridized carbons (Fsp3) is 0.381. The maximum absolute atomic E-state index is 14.7. The summed E-state index contributed by atoms with van der Waals surface area (Å²) in [5.74, 6) is -0.686. The highest BCUT2D eigenvalue weighted by molar-refractivity contribution is 7.22. The predicted molar refractivity (Wildman–Crippen MR) is 118 cm³/mol. The molecule has 3 aromatic rings. The molecule has 8 nitrogen and oxygen atoms in total. The van der Waals surface area contributed by atoms with Crippen LogP contribution in [0.5, 0.6) is 0 Å². The number of fused-ring (bicyclic) bond motifs is 1. The van der Waals surface area contributed by atoms with E-state index in [2.05, 4.69) is 15.3 Å². The SMILES string of the molecule is C[C@@H]1CN(C(=O)Nc2nc3ccc(F)cc3s2)CCN1c1ncc(C[C@@H](O)CO)cc1F. The van der Waals surface area contributed by atoms with Gasteiger partial charge in [0, 0.05) is 38.3 Å². The Kier molecular flexibility index (Phi) is 6.49. The van der Waals surface area contributed by atoms with Crippen molar-refractivity contribution in [1.29, 1.82) is 0 Å². The number of nitrogens with one attached hydrogen (secondary N) is 1. The minimum atomic E-state index is -0.961. The van der Waals surface area contributed by atoms with E-state index in [1.165, 1.54) is 35.7 Å². The third kappa shape index (κ3) is 4.79. The number of rotatable bonds is 5. The number of aliphatic hydroxyl groups excluding tert-OH is 2. The Balaban J connectivity index is 1.39. The number of benzene rings is 1. The van der Waals surface area contributed by atoms with Gasteiger partial charge in [0.1, 0.15) is 5.82 Å². The van der Waals surface area contributed by atoms with E-state index in [1.54, 1.807) is 15.9 Å². The fourth-order valence-electron chi connectivity index (χ4n) is 3.71. The van der Waals surface area contributed by atoms with E-state index in [4.69, 9.17) is 5.11 Å². The maximum atomic E-state index is 14.7. The molecule has 0 bridgehead atoms. The molecule has 1 aliphatic rings. The van der Waals surface area contributed by atoms with Gasteiger partial charge in [0.15, 0.2) is 16.8 Å². The van der Waals surface area contributed by atoms with Crippen LogP contribution < -0.4 is 10.2 Å². The van der Waals surface area contributed by atoms with Gasteiger partial charge in [-0.1, -0.05) is 11.3 Å². The van der Waals surface area contributed by atoms with Gasteiger partial charge in [0.05, 0.1) is 22.9 Å². The normalized spacial score (nSPS) is 17.6. The molecule has 3 N–H and O–H groups in total. The van der Waals surface area contributed by atoms with Crippen LogP contribution in [0.1, 0.15) is 12.5 Å². The first kappa shape index (κ1) is 22.3. The Labute approximate surface area is 187 Å². The van der Waals surface area contributed by atoms with E-state index in [9.17, 15) is 18.7 Å². The van der Waals surface area contributed by atoms with Gasteiger partial charge in [-0.15, -0.1) is 0 Å². The Hall–Kier alpha value is -2.89. The Morgan fingerprint density at radius 3 is 2.88 bits per heavy atom. The number of piperazine rings is 1. The first-order chi connectivity index (χ1) is 15.3. The molecule has 1 aliphatic heterocycles. The van der Waals surface area contributed by atoms with Crippen molar-refractivity contribution in [3.8, 4) is 0 Å². The predicted octanol–water partition coefficient (Wildman–Crippen LogP) is 2.61. The fourth-order valence-corrected chi connectivity index (χ4v) is 4.59. The van der Waals surface area contributed by atoms with Crippen molar-refractivity contribution in [2.45, 2.75) is 25.5 Å². The number of carbonyl (C=O) groups is 1. The molecule has 0 unspecified atom stereocenters. The van der Waals surface area contributed by atoms with E-state index in [0.29, 0.717) is 40.5 Å². The molecule has 1 fully saturated rings. The number of pyridine rings is 1. The van der Waals surface area contributed by atoms with Gasteiger partial charge in [0.25, 0.3) is 0 Å². The molecule has 0 spiro atoms. The first-order valence-electron chi connectivity index (χ1n) is 10.2. The second-order valence-corrected chi connectivity index (χ2v) is 8.77. The molecular weight excluding hydrogens is 440 g/mol. The standard InChI is InChI=1S/C21H23F2N5O3S/c1-12-10-27(21(31)26-20-25-17-3-2-14(22)8-18(17)32-20)4-5-28(12)19-16(23)7-13(9-24-19)6-15(30)11-29/h2-3,7-9,12,15,29-30H,4-6,10-11H2,1H3,(H,25,26,31)/t12-,15-/m1/s1. The van der Waals surface area contributed by atoms with Crippen molar-refractivity contribution in [3.63, 3.8) is 0 Å². The van der Waals surface area contributed by atoms with Crippen LogP contribution in [0.15, 0.2) is 30.5 Å². The van der Waals surface area contributed by atoms with Crippen LogP contribution in [0, 0.1) is 11.6 Å². The number of amides is 2. The number of aromatic nitrogens is 2. The number of hydrogen-bond donors (Lipinski definition) is 3. The van der Waals surface area contributed by atoms with Crippen molar-refractivity contribution < 1.29 is 23.8 Å². The van der Waals surface area contributed by atoms with E-state index in [0.717, 1.165) is 0 Å². The van der Waals surface area contributed by atoms with Crippen LogP contribution in [0.25, 0.3) is 10.2 Å². The Bertz CT molecular complexity index is 1130. The second-order valence-electron chi connectivity index (χ2n) is 7.74. The minimum absolute atomic E-state index is 0.114. The lowest BCUT2D eigenvalue weighted by Gasteiger charge is -2.40. The number of halogens is 2. The van der Waals surface area contributed by atoms with Crippen LogP contribution in [0.2, 0.25) is 0 Å². The van der Waals surface area contributed by atoms with Crippen LogP contribution in [0.3, 0.4) is 0 Å². The molecule has 3 heterocycles. The summed E-state index contributed by atoms with van der Waals surface area (Å²) in [7, 11) is 0.